The van der Waals surface area contributed by atoms with Crippen LogP contribution in [0.4, 0.5) is 11.5 Å². The van der Waals surface area contributed by atoms with Crippen LogP contribution in [-0.2, 0) is 11.2 Å². The number of rotatable bonds is 7. The molecule has 32 heavy (non-hydrogen) atoms. The highest BCUT2D eigenvalue weighted by atomic mass is 16.5. The number of para-hydroxylation sites is 1. The Balaban J connectivity index is 1.30. The largest absolute Gasteiger partial charge is 0.497 e. The first-order valence-corrected chi connectivity index (χ1v) is 11.3. The molecule has 0 saturated heterocycles. The topological polar surface area (TPSA) is 66.5 Å². The second-order valence-corrected chi connectivity index (χ2v) is 8.72. The summed E-state index contributed by atoms with van der Waals surface area (Å²) >= 11 is 0. The smallest absolute Gasteiger partial charge is 0.224 e. The summed E-state index contributed by atoms with van der Waals surface area (Å²) in [6.07, 6.45) is 4.37. The minimum atomic E-state index is 0.0818. The molecule has 1 saturated carbocycles. The number of ether oxygens (including phenoxy) is 1. The van der Waals surface area contributed by atoms with Crippen LogP contribution in [0.25, 0.3) is 10.9 Å². The lowest BCUT2D eigenvalue weighted by atomic mass is 9.91. The fourth-order valence-electron chi connectivity index (χ4n) is 4.40. The Morgan fingerprint density at radius 3 is 2.41 bits per heavy atom. The van der Waals surface area contributed by atoms with Gasteiger partial charge in [-0.2, -0.15) is 0 Å². The Labute approximate surface area is 190 Å². The van der Waals surface area contributed by atoms with Crippen LogP contribution < -0.4 is 20.3 Å². The fourth-order valence-corrected chi connectivity index (χ4v) is 4.40. The number of carbonyl (C=O) groups excluding carboxylic acids is 1. The number of fused-ring (bicyclic) bond motifs is 1. The molecule has 1 aliphatic rings. The van der Waals surface area contributed by atoms with Gasteiger partial charge in [0, 0.05) is 43.3 Å². The second-order valence-electron chi connectivity index (χ2n) is 8.72. The van der Waals surface area contributed by atoms with Crippen LogP contribution >= 0.6 is 0 Å². The number of hydrogen-bond acceptors (Lipinski definition) is 5. The highest BCUT2D eigenvalue weighted by Gasteiger charge is 2.23. The molecule has 6 nitrogen and oxygen atoms in total. The van der Waals surface area contributed by atoms with Crippen LogP contribution in [0.3, 0.4) is 0 Å². The summed E-state index contributed by atoms with van der Waals surface area (Å²) in [5.41, 5.74) is 3.16. The Morgan fingerprint density at radius 2 is 1.72 bits per heavy atom. The maximum atomic E-state index is 12.5. The van der Waals surface area contributed by atoms with E-state index in [0.29, 0.717) is 12.5 Å². The van der Waals surface area contributed by atoms with E-state index in [9.17, 15) is 4.79 Å². The van der Waals surface area contributed by atoms with Gasteiger partial charge in [-0.3, -0.25) is 4.79 Å². The van der Waals surface area contributed by atoms with Crippen LogP contribution in [0.5, 0.6) is 5.75 Å². The summed E-state index contributed by atoms with van der Waals surface area (Å²) in [5, 5.41) is 8.00. The van der Waals surface area contributed by atoms with Gasteiger partial charge in [0.05, 0.1) is 19.0 Å². The molecule has 2 aromatic carbocycles. The number of hydrogen-bond donors (Lipinski definition) is 2. The summed E-state index contributed by atoms with van der Waals surface area (Å²) < 4.78 is 5.17. The Bertz CT molecular complexity index is 1060. The molecule has 0 aliphatic heterocycles. The number of amides is 1. The lowest BCUT2D eigenvalue weighted by Gasteiger charge is -2.30. The molecule has 1 aliphatic carbocycles. The van der Waals surface area contributed by atoms with E-state index in [1.165, 1.54) is 0 Å². The number of aromatic nitrogens is 1. The monoisotopic (exact) mass is 432 g/mol. The van der Waals surface area contributed by atoms with Crippen molar-refractivity contribution in [1.82, 2.24) is 10.3 Å². The lowest BCUT2D eigenvalue weighted by Crippen LogP contribution is -2.40. The molecule has 168 valence electrons. The Morgan fingerprint density at radius 1 is 1.03 bits per heavy atom. The number of nitrogens with one attached hydrogen (secondary N) is 2. The molecule has 6 heteroatoms. The molecule has 4 rings (SSSR count). The molecule has 1 amide bonds. The van der Waals surface area contributed by atoms with Crippen LogP contribution in [-0.4, -0.2) is 44.2 Å². The Kier molecular flexibility index (Phi) is 6.78. The number of anilines is 2. The first-order chi connectivity index (χ1) is 15.5. The van der Waals surface area contributed by atoms with E-state index in [1.807, 2.05) is 36.4 Å². The molecular formula is C26H32N4O2. The predicted molar refractivity (Wildman–Crippen MR) is 131 cm³/mol. The van der Waals surface area contributed by atoms with Crippen molar-refractivity contribution >= 4 is 28.3 Å². The second kappa shape index (κ2) is 9.90. The summed E-state index contributed by atoms with van der Waals surface area (Å²) in [6, 6.07) is 18.6. The van der Waals surface area contributed by atoms with Crippen molar-refractivity contribution in [1.29, 1.82) is 0 Å². The number of benzene rings is 2. The fraction of sp³-hybridized carbons (Fsp3) is 0.385. The number of methoxy groups -OCH3 is 1. The third kappa shape index (κ3) is 5.31. The molecule has 0 radical (unpaired) electrons. The van der Waals surface area contributed by atoms with Crippen LogP contribution in [0.1, 0.15) is 31.2 Å². The molecule has 0 atom stereocenters. The summed E-state index contributed by atoms with van der Waals surface area (Å²) in [4.78, 5) is 19.4. The van der Waals surface area contributed by atoms with Crippen LogP contribution in [0, 0.1) is 0 Å². The van der Waals surface area contributed by atoms with E-state index in [1.54, 1.807) is 7.11 Å². The molecular weight excluding hydrogens is 400 g/mol. The van der Waals surface area contributed by atoms with Gasteiger partial charge in [0.1, 0.15) is 11.6 Å². The number of nitrogens with zero attached hydrogens (tertiary/aromatic N) is 2. The molecule has 1 heterocycles. The van der Waals surface area contributed by atoms with Gasteiger partial charge in [0.25, 0.3) is 0 Å². The quantitative estimate of drug-likeness (QED) is 0.580. The first-order valence-electron chi connectivity index (χ1n) is 11.3. The molecule has 1 aromatic heterocycles. The molecule has 0 unspecified atom stereocenters. The number of carbonyl (C=O) groups is 1. The standard InChI is InChI=1S/C26H32N4O2/c1-30(2)24-17-25(29-23-7-5-4-6-22(23)24)27-19-10-12-20(13-11-19)28-26(31)16-18-8-14-21(32-3)15-9-18/h4-9,14-15,17,19-20H,10-13,16H2,1-3H3,(H,27,29)(H,28,31). The van der Waals surface area contributed by atoms with Gasteiger partial charge in [-0.15, -0.1) is 0 Å². The minimum absolute atomic E-state index is 0.0818. The highest BCUT2D eigenvalue weighted by Crippen LogP contribution is 2.29. The maximum absolute atomic E-state index is 12.5. The van der Waals surface area contributed by atoms with Gasteiger partial charge in [-0.05, 0) is 49.4 Å². The van der Waals surface area contributed by atoms with Crippen LogP contribution in [0.15, 0.2) is 54.6 Å². The zero-order chi connectivity index (χ0) is 22.5. The van der Waals surface area contributed by atoms with E-state index >= 15 is 0 Å². The van der Waals surface area contributed by atoms with E-state index < -0.39 is 0 Å². The van der Waals surface area contributed by atoms with Gasteiger partial charge in [0.15, 0.2) is 0 Å². The SMILES string of the molecule is COc1ccc(CC(=O)NC2CCC(Nc3cc(N(C)C)c4ccccc4n3)CC2)cc1. The van der Waals surface area contributed by atoms with Gasteiger partial charge in [-0.1, -0.05) is 30.3 Å². The molecule has 2 N–H and O–H groups in total. The van der Waals surface area contributed by atoms with Crippen molar-refractivity contribution in [3.05, 3.63) is 60.2 Å². The molecule has 0 bridgehead atoms. The third-order valence-electron chi connectivity index (χ3n) is 6.14. The van der Waals surface area contributed by atoms with Gasteiger partial charge < -0.3 is 20.3 Å². The normalized spacial score (nSPS) is 18.2. The minimum Gasteiger partial charge on any atom is -0.497 e. The summed E-state index contributed by atoms with van der Waals surface area (Å²) in [7, 11) is 5.76. The van der Waals surface area contributed by atoms with Gasteiger partial charge in [-0.25, -0.2) is 4.98 Å². The lowest BCUT2D eigenvalue weighted by molar-refractivity contribution is -0.121. The van der Waals surface area contributed by atoms with E-state index in [4.69, 9.17) is 9.72 Å². The van der Waals surface area contributed by atoms with Crippen molar-refractivity contribution < 1.29 is 9.53 Å². The molecule has 1 fully saturated rings. The van der Waals surface area contributed by atoms with Crippen molar-refractivity contribution in [2.45, 2.75) is 44.2 Å². The average molecular weight is 433 g/mol. The average Bonchev–Trinajstić information content (AvgIpc) is 2.80. The highest BCUT2D eigenvalue weighted by molar-refractivity contribution is 5.93. The van der Waals surface area contributed by atoms with Crippen molar-refractivity contribution in [2.24, 2.45) is 0 Å². The zero-order valence-corrected chi connectivity index (χ0v) is 19.1. The van der Waals surface area contributed by atoms with Gasteiger partial charge in [0.2, 0.25) is 5.91 Å². The van der Waals surface area contributed by atoms with E-state index in [-0.39, 0.29) is 11.9 Å². The predicted octanol–water partition coefficient (Wildman–Crippen LogP) is 4.39. The third-order valence-corrected chi connectivity index (χ3v) is 6.14. The summed E-state index contributed by atoms with van der Waals surface area (Å²) in [6.45, 7) is 0. The van der Waals surface area contributed by atoms with E-state index in [0.717, 1.165) is 59.4 Å². The summed E-state index contributed by atoms with van der Waals surface area (Å²) in [5.74, 6) is 1.80. The Hall–Kier alpha value is -3.28. The van der Waals surface area contributed by atoms with E-state index in [2.05, 4.69) is 47.8 Å². The first kappa shape index (κ1) is 21.9. The molecule has 3 aromatic rings. The van der Waals surface area contributed by atoms with Crippen LogP contribution in [0.2, 0.25) is 0 Å². The number of pyridine rings is 1. The van der Waals surface area contributed by atoms with Crippen molar-refractivity contribution in [2.75, 3.05) is 31.4 Å². The molecule has 0 spiro atoms. The maximum Gasteiger partial charge on any atom is 0.224 e. The van der Waals surface area contributed by atoms with Gasteiger partial charge >= 0.3 is 0 Å². The van der Waals surface area contributed by atoms with Crippen molar-refractivity contribution in [3.63, 3.8) is 0 Å². The van der Waals surface area contributed by atoms with Crippen molar-refractivity contribution in [3.8, 4) is 5.75 Å². The zero-order valence-electron chi connectivity index (χ0n) is 19.1.